The summed E-state index contributed by atoms with van der Waals surface area (Å²) < 4.78 is 20.5. The molecule has 1 unspecified atom stereocenters. The first-order chi connectivity index (χ1) is 10.1. The predicted octanol–water partition coefficient (Wildman–Crippen LogP) is 1.35. The van der Waals surface area contributed by atoms with Crippen molar-refractivity contribution in [1.82, 2.24) is 5.48 Å². The van der Waals surface area contributed by atoms with E-state index in [1.807, 2.05) is 30.3 Å². The molecular weight excluding hydrogens is 297 g/mol. The molecule has 0 aliphatic heterocycles. The van der Waals surface area contributed by atoms with Gasteiger partial charge in [-0.15, -0.1) is 0 Å². The molecular formula is C13H19NO6P+. The first-order valence-corrected chi connectivity index (χ1v) is 7.73. The molecule has 0 radical (unpaired) electrons. The van der Waals surface area contributed by atoms with Crippen molar-refractivity contribution >= 4 is 14.0 Å². The quantitative estimate of drug-likeness (QED) is 0.221. The lowest BCUT2D eigenvalue weighted by molar-refractivity contribution is -0.156. The maximum atomic E-state index is 11.4. The summed E-state index contributed by atoms with van der Waals surface area (Å²) in [5, 5.41) is 0. The van der Waals surface area contributed by atoms with Crippen LogP contribution in [0.4, 0.5) is 0 Å². The minimum Gasteiger partial charge on any atom is -0.468 e. The number of hydrogen-bond acceptors (Lipinski definition) is 6. The van der Waals surface area contributed by atoms with Gasteiger partial charge in [0.1, 0.15) is 6.04 Å². The maximum absolute atomic E-state index is 11.4. The molecule has 116 valence electrons. The van der Waals surface area contributed by atoms with Crippen LogP contribution in [0.15, 0.2) is 30.3 Å². The van der Waals surface area contributed by atoms with E-state index in [9.17, 15) is 9.36 Å². The molecule has 0 aliphatic rings. The van der Waals surface area contributed by atoms with Crippen LogP contribution in [0.25, 0.3) is 0 Å². The van der Waals surface area contributed by atoms with Crippen LogP contribution >= 0.6 is 8.03 Å². The van der Waals surface area contributed by atoms with E-state index in [1.54, 1.807) is 0 Å². The monoisotopic (exact) mass is 316 g/mol. The van der Waals surface area contributed by atoms with Crippen molar-refractivity contribution in [3.63, 3.8) is 0 Å². The van der Waals surface area contributed by atoms with Crippen LogP contribution in [-0.4, -0.2) is 37.0 Å². The molecule has 0 spiro atoms. The summed E-state index contributed by atoms with van der Waals surface area (Å²) in [5.41, 5.74) is 3.48. The first-order valence-electron chi connectivity index (χ1n) is 6.34. The maximum Gasteiger partial charge on any atom is 0.505 e. The normalized spacial score (nSPS) is 12.8. The molecule has 0 aromatic heterocycles. The van der Waals surface area contributed by atoms with E-state index >= 15 is 0 Å². The van der Waals surface area contributed by atoms with Gasteiger partial charge in [-0.3, -0.25) is 9.63 Å². The molecule has 0 aliphatic carbocycles. The molecule has 0 bridgehead atoms. The Bertz CT molecular complexity index is 442. The Hall–Kier alpha value is -1.37. The molecule has 0 saturated heterocycles. The molecule has 0 heterocycles. The van der Waals surface area contributed by atoms with Gasteiger partial charge in [0, 0.05) is 6.42 Å². The van der Waals surface area contributed by atoms with Gasteiger partial charge in [-0.1, -0.05) is 30.3 Å². The van der Waals surface area contributed by atoms with Crippen molar-refractivity contribution < 1.29 is 28.6 Å². The van der Waals surface area contributed by atoms with Crippen molar-refractivity contribution in [2.45, 2.75) is 19.1 Å². The zero-order valence-electron chi connectivity index (χ0n) is 11.7. The Morgan fingerprint density at radius 1 is 1.38 bits per heavy atom. The summed E-state index contributed by atoms with van der Waals surface area (Å²) >= 11 is 0. The van der Waals surface area contributed by atoms with E-state index in [2.05, 4.69) is 10.2 Å². The highest BCUT2D eigenvalue weighted by Gasteiger charge is 2.23. The van der Waals surface area contributed by atoms with Crippen LogP contribution in [0.1, 0.15) is 12.0 Å². The Balaban J connectivity index is 2.23. The molecule has 2 atom stereocenters. The van der Waals surface area contributed by atoms with Crippen molar-refractivity contribution in [2.24, 2.45) is 0 Å². The van der Waals surface area contributed by atoms with Gasteiger partial charge in [0.2, 0.25) is 0 Å². The number of carbonyl (C=O) groups is 1. The van der Waals surface area contributed by atoms with Gasteiger partial charge in [0.25, 0.3) is 0 Å². The molecule has 0 fully saturated rings. The number of hydrogen-bond donors (Lipinski definition) is 2. The summed E-state index contributed by atoms with van der Waals surface area (Å²) in [6.45, 7) is 0.321. The van der Waals surface area contributed by atoms with Gasteiger partial charge in [-0.2, -0.15) is 10.4 Å². The third-order valence-electron chi connectivity index (χ3n) is 2.57. The number of ether oxygens (including phenoxy) is 2. The van der Waals surface area contributed by atoms with E-state index in [4.69, 9.17) is 14.5 Å². The smallest absolute Gasteiger partial charge is 0.468 e. The fourth-order valence-corrected chi connectivity index (χ4v) is 2.00. The summed E-state index contributed by atoms with van der Waals surface area (Å²) in [5.74, 6) is -0.560. The molecule has 1 aromatic rings. The van der Waals surface area contributed by atoms with Crippen LogP contribution in [0.5, 0.6) is 0 Å². The summed E-state index contributed by atoms with van der Waals surface area (Å²) in [4.78, 5) is 25.2. The fourth-order valence-electron chi connectivity index (χ4n) is 1.52. The highest BCUT2D eigenvalue weighted by atomic mass is 31.1. The van der Waals surface area contributed by atoms with Crippen LogP contribution < -0.4 is 5.48 Å². The van der Waals surface area contributed by atoms with Crippen LogP contribution in [0.3, 0.4) is 0 Å². The van der Waals surface area contributed by atoms with Gasteiger partial charge in [0.15, 0.2) is 13.0 Å². The SMILES string of the molecule is COC(=O)[C@H](CC[P+](=O)O)NOCOCc1ccccc1. The second-order valence-corrected chi connectivity index (χ2v) is 5.31. The number of hydroxylamine groups is 1. The van der Waals surface area contributed by atoms with Crippen molar-refractivity contribution in [2.75, 3.05) is 20.1 Å². The van der Waals surface area contributed by atoms with Crippen molar-refractivity contribution in [1.29, 1.82) is 0 Å². The van der Waals surface area contributed by atoms with Crippen molar-refractivity contribution in [3.8, 4) is 0 Å². The first kappa shape index (κ1) is 17.7. The van der Waals surface area contributed by atoms with Crippen LogP contribution in [0, 0.1) is 0 Å². The van der Waals surface area contributed by atoms with E-state index < -0.39 is 20.0 Å². The molecule has 1 rings (SSSR count). The zero-order valence-corrected chi connectivity index (χ0v) is 12.6. The van der Waals surface area contributed by atoms with E-state index in [0.717, 1.165) is 5.56 Å². The second-order valence-electron chi connectivity index (χ2n) is 4.15. The molecule has 21 heavy (non-hydrogen) atoms. The number of rotatable bonds is 10. The van der Waals surface area contributed by atoms with Gasteiger partial charge < -0.3 is 9.47 Å². The third kappa shape index (κ3) is 7.84. The highest BCUT2D eigenvalue weighted by Crippen LogP contribution is 2.15. The molecule has 0 amide bonds. The minimum absolute atomic E-state index is 0.0175. The summed E-state index contributed by atoms with van der Waals surface area (Å²) in [6, 6.07) is 8.75. The average Bonchev–Trinajstić information content (AvgIpc) is 2.50. The molecule has 8 heteroatoms. The lowest BCUT2D eigenvalue weighted by atomic mass is 10.2. The number of carbonyl (C=O) groups excluding carboxylic acids is 1. The lowest BCUT2D eigenvalue weighted by Crippen LogP contribution is -2.38. The van der Waals surface area contributed by atoms with Crippen LogP contribution in [0.2, 0.25) is 0 Å². The zero-order chi connectivity index (χ0) is 15.5. The average molecular weight is 316 g/mol. The number of nitrogens with one attached hydrogen (secondary N) is 1. The summed E-state index contributed by atoms with van der Waals surface area (Å²) in [6.07, 6.45) is 0.118. The van der Waals surface area contributed by atoms with Gasteiger partial charge in [-0.05, 0) is 10.1 Å². The predicted molar refractivity (Wildman–Crippen MR) is 75.4 cm³/mol. The minimum atomic E-state index is -2.30. The Morgan fingerprint density at radius 3 is 2.71 bits per heavy atom. The highest BCUT2D eigenvalue weighted by molar-refractivity contribution is 7.37. The Kier molecular flexibility index (Phi) is 8.73. The van der Waals surface area contributed by atoms with Gasteiger partial charge in [0.05, 0.1) is 13.7 Å². The largest absolute Gasteiger partial charge is 0.505 e. The molecule has 0 saturated carbocycles. The van der Waals surface area contributed by atoms with E-state index in [0.29, 0.717) is 6.61 Å². The molecule has 1 aromatic carbocycles. The number of esters is 1. The lowest BCUT2D eigenvalue weighted by Gasteiger charge is -2.14. The topological polar surface area (TPSA) is 94.1 Å². The standard InChI is InChI=1S/C13H18NO6P/c1-18-13(15)12(7-8-21(16)17)14-20-10-19-9-11-5-3-2-4-6-11/h2-6,12,14H,7-10H2,1H3/p+1/t12-/m0/s1. The molecule has 2 N–H and O–H groups in total. The summed E-state index contributed by atoms with van der Waals surface area (Å²) in [7, 11) is -1.06. The Morgan fingerprint density at radius 2 is 2.10 bits per heavy atom. The number of methoxy groups -OCH3 is 1. The van der Waals surface area contributed by atoms with Gasteiger partial charge >= 0.3 is 14.0 Å². The Labute approximate surface area is 124 Å². The second kappa shape index (κ2) is 10.4. The van der Waals surface area contributed by atoms with Crippen molar-refractivity contribution in [3.05, 3.63) is 35.9 Å². The van der Waals surface area contributed by atoms with E-state index in [1.165, 1.54) is 7.11 Å². The third-order valence-corrected chi connectivity index (χ3v) is 3.21. The number of benzene rings is 1. The molecule has 7 nitrogen and oxygen atoms in total. The van der Waals surface area contributed by atoms with Crippen LogP contribution in [-0.2, 0) is 30.3 Å². The fraction of sp³-hybridized carbons (Fsp3) is 0.462. The van der Waals surface area contributed by atoms with E-state index in [-0.39, 0.29) is 19.4 Å². The van der Waals surface area contributed by atoms with Gasteiger partial charge in [-0.25, -0.2) is 0 Å².